The average Bonchev–Trinajstić information content (AvgIpc) is 2.66. The molecule has 0 aliphatic carbocycles. The first-order chi connectivity index (χ1) is 13.2. The average molecular weight is 429 g/mol. The van der Waals surface area contributed by atoms with Gasteiger partial charge in [-0.3, -0.25) is 19.2 Å². The highest BCUT2D eigenvalue weighted by atomic mass is 35.5. The molecule has 0 bridgehead atoms. The van der Waals surface area contributed by atoms with E-state index in [0.717, 1.165) is 28.6 Å². The standard InChI is InChI=1S/C17H17ClN2O7S/c1-3-27-17(21)11-19(13-6-9-16(26-2)15(18)10-13)28(24,25)14-7-4-12(5-8-14)20(22)23/h4-10H,3,11H2,1-2H3. The van der Waals surface area contributed by atoms with E-state index in [4.69, 9.17) is 21.1 Å². The lowest BCUT2D eigenvalue weighted by atomic mass is 10.3. The van der Waals surface area contributed by atoms with Gasteiger partial charge in [0.2, 0.25) is 0 Å². The number of carbonyl (C=O) groups excluding carboxylic acids is 1. The van der Waals surface area contributed by atoms with Crippen molar-refractivity contribution in [2.75, 3.05) is 24.6 Å². The summed E-state index contributed by atoms with van der Waals surface area (Å²) >= 11 is 6.09. The van der Waals surface area contributed by atoms with Crippen LogP contribution in [-0.4, -0.2) is 39.6 Å². The zero-order chi connectivity index (χ0) is 20.9. The summed E-state index contributed by atoms with van der Waals surface area (Å²) in [6.45, 7) is 1.07. The molecule has 2 rings (SSSR count). The number of esters is 1. The van der Waals surface area contributed by atoms with Gasteiger partial charge in [-0.05, 0) is 37.3 Å². The molecule has 0 aliphatic heterocycles. The third kappa shape index (κ3) is 4.70. The van der Waals surface area contributed by atoms with Gasteiger partial charge in [-0.2, -0.15) is 0 Å². The van der Waals surface area contributed by atoms with Gasteiger partial charge in [0.05, 0.1) is 34.2 Å². The zero-order valence-electron chi connectivity index (χ0n) is 15.0. The second-order valence-corrected chi connectivity index (χ2v) is 7.66. The summed E-state index contributed by atoms with van der Waals surface area (Å²) in [4.78, 5) is 21.9. The molecule has 28 heavy (non-hydrogen) atoms. The molecular formula is C17H17ClN2O7S. The molecule has 0 radical (unpaired) electrons. The van der Waals surface area contributed by atoms with E-state index >= 15 is 0 Å². The Morgan fingerprint density at radius 3 is 2.36 bits per heavy atom. The molecule has 150 valence electrons. The van der Waals surface area contributed by atoms with E-state index in [2.05, 4.69) is 0 Å². The second kappa shape index (κ2) is 8.89. The minimum Gasteiger partial charge on any atom is -0.495 e. The van der Waals surface area contributed by atoms with Crippen molar-refractivity contribution in [1.29, 1.82) is 0 Å². The number of sulfonamides is 1. The molecule has 0 saturated carbocycles. The predicted molar refractivity (Wildman–Crippen MR) is 102 cm³/mol. The molecule has 2 aromatic carbocycles. The number of nitro benzene ring substituents is 1. The molecular weight excluding hydrogens is 412 g/mol. The summed E-state index contributed by atoms with van der Waals surface area (Å²) in [6.07, 6.45) is 0. The maximum atomic E-state index is 13.1. The third-order valence-corrected chi connectivity index (χ3v) is 5.72. The molecule has 0 spiro atoms. The van der Waals surface area contributed by atoms with E-state index in [1.165, 1.54) is 25.3 Å². The van der Waals surface area contributed by atoms with Gasteiger partial charge in [-0.1, -0.05) is 11.6 Å². The number of methoxy groups -OCH3 is 1. The van der Waals surface area contributed by atoms with Crippen molar-refractivity contribution in [3.8, 4) is 5.75 Å². The third-order valence-electron chi connectivity index (χ3n) is 3.64. The number of nitrogens with zero attached hydrogens (tertiary/aromatic N) is 2. The number of carbonyl (C=O) groups is 1. The number of ether oxygens (including phenoxy) is 2. The van der Waals surface area contributed by atoms with E-state index < -0.39 is 27.5 Å². The number of nitro groups is 1. The number of hydrogen-bond donors (Lipinski definition) is 0. The Balaban J connectivity index is 2.51. The predicted octanol–water partition coefficient (Wildman–Crippen LogP) is 3.02. The van der Waals surface area contributed by atoms with Crippen LogP contribution in [0.3, 0.4) is 0 Å². The number of rotatable bonds is 8. The SMILES string of the molecule is CCOC(=O)CN(c1ccc(OC)c(Cl)c1)S(=O)(=O)c1ccc([N+](=O)[O-])cc1. The highest BCUT2D eigenvalue weighted by Crippen LogP contribution is 2.32. The highest BCUT2D eigenvalue weighted by Gasteiger charge is 2.28. The summed E-state index contributed by atoms with van der Waals surface area (Å²) in [6, 6.07) is 8.54. The molecule has 0 atom stereocenters. The highest BCUT2D eigenvalue weighted by molar-refractivity contribution is 7.92. The lowest BCUT2D eigenvalue weighted by molar-refractivity contribution is -0.384. The Morgan fingerprint density at radius 1 is 1.21 bits per heavy atom. The van der Waals surface area contributed by atoms with Gasteiger partial charge >= 0.3 is 5.97 Å². The van der Waals surface area contributed by atoms with Gasteiger partial charge < -0.3 is 9.47 Å². The smallest absolute Gasteiger partial charge is 0.326 e. The van der Waals surface area contributed by atoms with Crippen LogP contribution in [0.15, 0.2) is 47.4 Å². The molecule has 0 aliphatic rings. The van der Waals surface area contributed by atoms with Crippen molar-refractivity contribution >= 4 is 39.0 Å². The Kier molecular flexibility index (Phi) is 6.81. The van der Waals surface area contributed by atoms with Crippen molar-refractivity contribution in [2.45, 2.75) is 11.8 Å². The quantitative estimate of drug-likeness (QED) is 0.360. The Hall–Kier alpha value is -2.85. The van der Waals surface area contributed by atoms with Crippen LogP contribution in [0.25, 0.3) is 0 Å². The van der Waals surface area contributed by atoms with Crippen LogP contribution in [0.2, 0.25) is 5.02 Å². The van der Waals surface area contributed by atoms with Crippen LogP contribution in [0, 0.1) is 10.1 Å². The molecule has 0 saturated heterocycles. The lowest BCUT2D eigenvalue weighted by Crippen LogP contribution is -2.36. The normalized spacial score (nSPS) is 11.0. The summed E-state index contributed by atoms with van der Waals surface area (Å²) in [7, 11) is -2.83. The molecule has 2 aromatic rings. The van der Waals surface area contributed by atoms with Gasteiger partial charge in [0.15, 0.2) is 0 Å². The zero-order valence-corrected chi connectivity index (χ0v) is 16.6. The van der Waals surface area contributed by atoms with Gasteiger partial charge in [-0.25, -0.2) is 8.42 Å². The first-order valence-electron chi connectivity index (χ1n) is 7.97. The number of non-ortho nitro benzene ring substituents is 1. The van der Waals surface area contributed by atoms with E-state index in [-0.39, 0.29) is 27.9 Å². The van der Waals surface area contributed by atoms with Crippen LogP contribution < -0.4 is 9.04 Å². The lowest BCUT2D eigenvalue weighted by Gasteiger charge is -2.24. The fourth-order valence-electron chi connectivity index (χ4n) is 2.32. The summed E-state index contributed by atoms with van der Waals surface area (Å²) < 4.78 is 36.9. The molecule has 0 N–H and O–H groups in total. The Labute approximate surface area is 166 Å². The van der Waals surface area contributed by atoms with E-state index in [1.807, 2.05) is 0 Å². The topological polar surface area (TPSA) is 116 Å². The Bertz CT molecular complexity index is 978. The van der Waals surface area contributed by atoms with Crippen molar-refractivity contribution in [2.24, 2.45) is 0 Å². The molecule has 0 aromatic heterocycles. The Morgan fingerprint density at radius 2 is 1.86 bits per heavy atom. The molecule has 0 amide bonds. The molecule has 0 heterocycles. The molecule has 0 fully saturated rings. The van der Waals surface area contributed by atoms with Crippen LogP contribution in [-0.2, 0) is 19.6 Å². The summed E-state index contributed by atoms with van der Waals surface area (Å²) in [5.74, 6) is -0.436. The maximum absolute atomic E-state index is 13.1. The monoisotopic (exact) mass is 428 g/mol. The largest absolute Gasteiger partial charge is 0.495 e. The fourth-order valence-corrected chi connectivity index (χ4v) is 3.97. The van der Waals surface area contributed by atoms with E-state index in [1.54, 1.807) is 6.92 Å². The number of anilines is 1. The number of hydrogen-bond acceptors (Lipinski definition) is 7. The van der Waals surface area contributed by atoms with E-state index in [0.29, 0.717) is 5.75 Å². The van der Waals surface area contributed by atoms with Crippen LogP contribution in [0.5, 0.6) is 5.75 Å². The van der Waals surface area contributed by atoms with Crippen LogP contribution in [0.4, 0.5) is 11.4 Å². The summed E-state index contributed by atoms with van der Waals surface area (Å²) in [5.41, 5.74) is -0.152. The minimum atomic E-state index is -4.24. The minimum absolute atomic E-state index is 0.0770. The number of benzene rings is 2. The van der Waals surface area contributed by atoms with Gasteiger partial charge in [0, 0.05) is 12.1 Å². The molecule has 11 heteroatoms. The van der Waals surface area contributed by atoms with Gasteiger partial charge in [0.1, 0.15) is 12.3 Å². The second-order valence-electron chi connectivity index (χ2n) is 5.39. The van der Waals surface area contributed by atoms with Gasteiger partial charge in [-0.15, -0.1) is 0 Å². The molecule has 0 unspecified atom stereocenters. The van der Waals surface area contributed by atoms with Crippen molar-refractivity contribution in [1.82, 2.24) is 0 Å². The maximum Gasteiger partial charge on any atom is 0.326 e. The fraction of sp³-hybridized carbons (Fsp3) is 0.235. The van der Waals surface area contributed by atoms with E-state index in [9.17, 15) is 23.3 Å². The molecule has 9 nitrogen and oxygen atoms in total. The van der Waals surface area contributed by atoms with Crippen molar-refractivity contribution in [3.05, 3.63) is 57.6 Å². The summed E-state index contributed by atoms with van der Waals surface area (Å²) in [5, 5.41) is 10.9. The van der Waals surface area contributed by atoms with Crippen LogP contribution >= 0.6 is 11.6 Å². The van der Waals surface area contributed by atoms with Crippen LogP contribution in [0.1, 0.15) is 6.92 Å². The number of halogens is 1. The van der Waals surface area contributed by atoms with Crippen molar-refractivity contribution in [3.63, 3.8) is 0 Å². The first-order valence-corrected chi connectivity index (χ1v) is 9.78. The first kappa shape index (κ1) is 21.5. The van der Waals surface area contributed by atoms with Crippen molar-refractivity contribution < 1.29 is 27.6 Å². The van der Waals surface area contributed by atoms with Gasteiger partial charge in [0.25, 0.3) is 15.7 Å².